The number of carbonyl (C=O) groups excluding carboxylic acids is 1. The van der Waals surface area contributed by atoms with Crippen LogP contribution in [0.3, 0.4) is 0 Å². The van der Waals surface area contributed by atoms with Crippen molar-refractivity contribution in [1.82, 2.24) is 14.5 Å². The van der Waals surface area contributed by atoms with Crippen molar-refractivity contribution < 1.29 is 19.4 Å². The summed E-state index contributed by atoms with van der Waals surface area (Å²) in [5.74, 6) is -1.06. The van der Waals surface area contributed by atoms with E-state index in [0.717, 1.165) is 5.69 Å². The van der Waals surface area contributed by atoms with Crippen molar-refractivity contribution in [2.24, 2.45) is 7.05 Å². The number of hydrogen-bond donors (Lipinski definition) is 1. The Morgan fingerprint density at radius 1 is 1.35 bits per heavy atom. The van der Waals surface area contributed by atoms with Gasteiger partial charge in [-0.15, -0.1) is 0 Å². The Bertz CT molecular complexity index is 557. The third-order valence-corrected chi connectivity index (χ3v) is 3.10. The fraction of sp³-hybridized carbons (Fsp3) is 0.615. The fourth-order valence-electron chi connectivity index (χ4n) is 2.20. The highest BCUT2D eigenvalue weighted by Gasteiger charge is 2.29. The zero-order valence-electron chi connectivity index (χ0n) is 12.1. The van der Waals surface area contributed by atoms with Gasteiger partial charge in [-0.2, -0.15) is 0 Å². The first-order valence-corrected chi connectivity index (χ1v) is 6.44. The number of rotatable bonds is 1. The predicted octanol–water partition coefficient (Wildman–Crippen LogP) is 1.41. The standard InChI is InChI=1S/C13H19N3O4/c1-13(2,3)20-12(19)16-6-5-9-8(7-16)14-10(11(17)18)15(9)4/h5-7H2,1-4H3,(H,17,18). The molecule has 1 aromatic heterocycles. The van der Waals surface area contributed by atoms with Crippen LogP contribution in [0.1, 0.15) is 42.8 Å². The van der Waals surface area contributed by atoms with E-state index in [0.29, 0.717) is 18.7 Å². The predicted molar refractivity (Wildman–Crippen MR) is 70.5 cm³/mol. The number of amides is 1. The van der Waals surface area contributed by atoms with Crippen molar-refractivity contribution in [1.29, 1.82) is 0 Å². The normalized spacial score (nSPS) is 14.9. The zero-order valence-corrected chi connectivity index (χ0v) is 12.1. The summed E-state index contributed by atoms with van der Waals surface area (Å²) in [4.78, 5) is 28.7. The van der Waals surface area contributed by atoms with Crippen molar-refractivity contribution in [3.8, 4) is 0 Å². The van der Waals surface area contributed by atoms with E-state index in [1.54, 1.807) is 16.5 Å². The van der Waals surface area contributed by atoms with Gasteiger partial charge in [-0.3, -0.25) is 0 Å². The van der Waals surface area contributed by atoms with Crippen LogP contribution in [0, 0.1) is 0 Å². The minimum atomic E-state index is -1.06. The topological polar surface area (TPSA) is 84.7 Å². The number of carboxylic acid groups (broad SMARTS) is 1. The number of aromatic carboxylic acids is 1. The quantitative estimate of drug-likeness (QED) is 0.841. The number of hydrogen-bond acceptors (Lipinski definition) is 4. The molecule has 1 aromatic rings. The Kier molecular flexibility index (Phi) is 3.45. The number of carboxylic acids is 1. The van der Waals surface area contributed by atoms with Gasteiger partial charge in [0, 0.05) is 25.7 Å². The van der Waals surface area contributed by atoms with Crippen molar-refractivity contribution >= 4 is 12.1 Å². The van der Waals surface area contributed by atoms with Gasteiger partial charge in [0.05, 0.1) is 12.2 Å². The summed E-state index contributed by atoms with van der Waals surface area (Å²) in [5, 5.41) is 9.05. The number of aromatic nitrogens is 2. The number of imidazole rings is 1. The summed E-state index contributed by atoms with van der Waals surface area (Å²) in [6.45, 7) is 6.21. The lowest BCUT2D eigenvalue weighted by Gasteiger charge is -2.29. The minimum Gasteiger partial charge on any atom is -0.475 e. The van der Waals surface area contributed by atoms with Crippen molar-refractivity contribution in [2.75, 3.05) is 6.54 Å². The molecule has 0 aliphatic carbocycles. The number of ether oxygens (including phenoxy) is 1. The first-order chi connectivity index (χ1) is 9.19. The van der Waals surface area contributed by atoms with Crippen molar-refractivity contribution in [2.45, 2.75) is 39.3 Å². The van der Waals surface area contributed by atoms with Gasteiger partial charge in [-0.05, 0) is 20.8 Å². The maximum Gasteiger partial charge on any atom is 0.410 e. The smallest absolute Gasteiger partial charge is 0.410 e. The molecule has 0 unspecified atom stereocenters. The lowest BCUT2D eigenvalue weighted by atomic mass is 10.1. The Morgan fingerprint density at radius 3 is 2.55 bits per heavy atom. The van der Waals surface area contributed by atoms with E-state index in [9.17, 15) is 9.59 Å². The third-order valence-electron chi connectivity index (χ3n) is 3.10. The van der Waals surface area contributed by atoms with Gasteiger partial charge in [0.15, 0.2) is 0 Å². The van der Waals surface area contributed by atoms with E-state index >= 15 is 0 Å². The second-order valence-corrected chi connectivity index (χ2v) is 5.84. The van der Waals surface area contributed by atoms with Crippen LogP contribution in [0.2, 0.25) is 0 Å². The average molecular weight is 281 g/mol. The van der Waals surface area contributed by atoms with E-state index < -0.39 is 17.7 Å². The molecule has 0 fully saturated rings. The van der Waals surface area contributed by atoms with Crippen LogP contribution in [0.25, 0.3) is 0 Å². The third kappa shape index (κ3) is 2.76. The van der Waals surface area contributed by atoms with Crippen LogP contribution < -0.4 is 0 Å². The SMILES string of the molecule is Cn1c(C(=O)O)nc2c1CCN(C(=O)OC(C)(C)C)C2. The second-order valence-electron chi connectivity index (χ2n) is 5.84. The molecule has 0 radical (unpaired) electrons. The molecule has 1 amide bonds. The molecule has 0 aromatic carbocycles. The Hall–Kier alpha value is -2.05. The molecular weight excluding hydrogens is 262 g/mol. The second kappa shape index (κ2) is 4.81. The summed E-state index contributed by atoms with van der Waals surface area (Å²) in [6.07, 6.45) is 0.177. The van der Waals surface area contributed by atoms with Gasteiger partial charge in [0.1, 0.15) is 5.60 Å². The lowest BCUT2D eigenvalue weighted by molar-refractivity contribution is 0.0220. The highest BCUT2D eigenvalue weighted by Crippen LogP contribution is 2.21. The molecule has 110 valence electrons. The Morgan fingerprint density at radius 2 is 2.00 bits per heavy atom. The van der Waals surface area contributed by atoms with E-state index in [2.05, 4.69) is 4.98 Å². The summed E-state index contributed by atoms with van der Waals surface area (Å²) in [7, 11) is 1.68. The molecule has 1 N–H and O–H groups in total. The van der Waals surface area contributed by atoms with Crippen molar-refractivity contribution in [3.63, 3.8) is 0 Å². The van der Waals surface area contributed by atoms with Gasteiger partial charge in [-0.1, -0.05) is 0 Å². The van der Waals surface area contributed by atoms with E-state index in [-0.39, 0.29) is 12.4 Å². The van der Waals surface area contributed by atoms with Crippen LogP contribution in [-0.4, -0.2) is 43.8 Å². The molecule has 7 nitrogen and oxygen atoms in total. The average Bonchev–Trinajstić information content (AvgIpc) is 2.64. The molecule has 0 atom stereocenters. The van der Waals surface area contributed by atoms with Crippen LogP contribution >= 0.6 is 0 Å². The summed E-state index contributed by atoms with van der Waals surface area (Å²) < 4.78 is 6.89. The lowest BCUT2D eigenvalue weighted by Crippen LogP contribution is -2.40. The van der Waals surface area contributed by atoms with Gasteiger partial charge >= 0.3 is 12.1 Å². The van der Waals surface area contributed by atoms with Gasteiger partial charge in [0.25, 0.3) is 0 Å². The molecular formula is C13H19N3O4. The van der Waals surface area contributed by atoms with Crippen LogP contribution in [0.15, 0.2) is 0 Å². The molecule has 1 aliphatic heterocycles. The van der Waals surface area contributed by atoms with E-state index in [1.807, 2.05) is 20.8 Å². The Balaban J connectivity index is 2.17. The number of carbonyl (C=O) groups is 2. The van der Waals surface area contributed by atoms with E-state index in [1.165, 1.54) is 0 Å². The van der Waals surface area contributed by atoms with Crippen LogP contribution in [0.5, 0.6) is 0 Å². The van der Waals surface area contributed by atoms with Crippen LogP contribution in [-0.2, 0) is 24.8 Å². The molecule has 20 heavy (non-hydrogen) atoms. The molecule has 1 aliphatic rings. The van der Waals surface area contributed by atoms with Gasteiger partial charge < -0.3 is 19.3 Å². The first-order valence-electron chi connectivity index (χ1n) is 6.44. The first kappa shape index (κ1) is 14.4. The van der Waals surface area contributed by atoms with Gasteiger partial charge in [0.2, 0.25) is 5.82 Å². The summed E-state index contributed by atoms with van der Waals surface area (Å²) in [5.41, 5.74) is 0.942. The largest absolute Gasteiger partial charge is 0.475 e. The molecule has 2 heterocycles. The highest BCUT2D eigenvalue weighted by atomic mass is 16.6. The minimum absolute atomic E-state index is 0.000962. The van der Waals surface area contributed by atoms with Crippen molar-refractivity contribution in [3.05, 3.63) is 17.2 Å². The summed E-state index contributed by atoms with van der Waals surface area (Å²) in [6, 6.07) is 0. The number of nitrogens with zero attached hydrogens (tertiary/aromatic N) is 3. The zero-order chi connectivity index (χ0) is 15.1. The van der Waals surface area contributed by atoms with Crippen LogP contribution in [0.4, 0.5) is 4.79 Å². The fourth-order valence-corrected chi connectivity index (χ4v) is 2.20. The molecule has 2 rings (SSSR count). The monoisotopic (exact) mass is 281 g/mol. The summed E-state index contributed by atoms with van der Waals surface area (Å²) >= 11 is 0. The van der Waals surface area contributed by atoms with Gasteiger partial charge in [-0.25, -0.2) is 14.6 Å². The molecule has 0 saturated heterocycles. The highest BCUT2D eigenvalue weighted by molar-refractivity contribution is 5.84. The maximum atomic E-state index is 12.0. The molecule has 0 spiro atoms. The number of fused-ring (bicyclic) bond motifs is 1. The maximum absolute atomic E-state index is 12.0. The molecule has 0 saturated carbocycles. The van der Waals surface area contributed by atoms with E-state index in [4.69, 9.17) is 9.84 Å². The Labute approximate surface area is 117 Å². The molecule has 7 heteroatoms. The molecule has 0 bridgehead atoms.